The van der Waals surface area contributed by atoms with E-state index in [1.807, 2.05) is 34.6 Å². The van der Waals surface area contributed by atoms with Gasteiger partial charge in [0.15, 0.2) is 0 Å². The van der Waals surface area contributed by atoms with Gasteiger partial charge in [0.1, 0.15) is 6.04 Å². The minimum atomic E-state index is -0.936. The summed E-state index contributed by atoms with van der Waals surface area (Å²) in [5, 5.41) is 15.9. The van der Waals surface area contributed by atoms with Crippen LogP contribution in [-0.2, 0) is 14.4 Å². The van der Waals surface area contributed by atoms with Gasteiger partial charge in [-0.2, -0.15) is 0 Å². The highest BCUT2D eigenvalue weighted by atomic mass is 16.4. The molecule has 0 bridgehead atoms. The van der Waals surface area contributed by atoms with Crippen molar-refractivity contribution < 1.29 is 24.6 Å². The second-order valence-corrected chi connectivity index (χ2v) is 5.06. The Morgan fingerprint density at radius 3 is 2.10 bits per heavy atom. The van der Waals surface area contributed by atoms with Gasteiger partial charge in [-0.1, -0.05) is 34.6 Å². The lowest BCUT2D eigenvalue weighted by Crippen LogP contribution is -2.50. The van der Waals surface area contributed by atoms with Crippen LogP contribution >= 0.6 is 0 Å². The van der Waals surface area contributed by atoms with Crippen LogP contribution in [0.3, 0.4) is 0 Å². The fourth-order valence-corrected chi connectivity index (χ4v) is 2.00. The quantitative estimate of drug-likeness (QED) is 0.669. The molecule has 0 aromatic heterocycles. The molecule has 21 heavy (non-hydrogen) atoms. The second-order valence-electron chi connectivity index (χ2n) is 5.06. The fourth-order valence-electron chi connectivity index (χ4n) is 2.00. The number of carbonyl (C=O) groups is 3. The summed E-state index contributed by atoms with van der Waals surface area (Å²) in [4.78, 5) is 32.8. The number of rotatable bonds is 3. The van der Waals surface area contributed by atoms with Crippen molar-refractivity contribution in [2.75, 3.05) is 6.54 Å². The molecule has 1 aliphatic heterocycles. The number of aliphatic carboxylic acids is 1. The number of carboxylic acids is 1. The molecule has 3 atom stereocenters. The van der Waals surface area contributed by atoms with Gasteiger partial charge in [0.05, 0.1) is 6.04 Å². The zero-order chi connectivity index (χ0) is 17.2. The van der Waals surface area contributed by atoms with E-state index in [0.29, 0.717) is 13.0 Å². The Balaban J connectivity index is 0. The first-order valence-corrected chi connectivity index (χ1v) is 7.12. The van der Waals surface area contributed by atoms with E-state index in [9.17, 15) is 9.59 Å². The second kappa shape index (κ2) is 11.1. The van der Waals surface area contributed by atoms with Crippen LogP contribution < -0.4 is 5.73 Å². The number of nitrogens with two attached hydrogens (primary N) is 1. The summed E-state index contributed by atoms with van der Waals surface area (Å²) in [5.74, 6) is -0.928. The summed E-state index contributed by atoms with van der Waals surface area (Å²) in [7, 11) is 0. The Morgan fingerprint density at radius 2 is 1.76 bits per heavy atom. The van der Waals surface area contributed by atoms with Crippen molar-refractivity contribution in [1.82, 2.24) is 4.90 Å². The van der Waals surface area contributed by atoms with Crippen molar-refractivity contribution in [2.45, 2.75) is 53.1 Å². The molecule has 1 aliphatic rings. The molecule has 7 heteroatoms. The highest BCUT2D eigenvalue weighted by Crippen LogP contribution is 2.24. The number of likely N-dealkylation sites (tertiary alicyclic amines) is 1. The molecule has 3 unspecified atom stereocenters. The fraction of sp³-hybridized carbons (Fsp3) is 0.786. The number of carboxylic acid groups (broad SMARTS) is 2. The van der Waals surface area contributed by atoms with Crippen LogP contribution in [0, 0.1) is 11.8 Å². The molecule has 4 N–H and O–H groups in total. The largest absolute Gasteiger partial charge is 0.483 e. The van der Waals surface area contributed by atoms with Gasteiger partial charge in [0, 0.05) is 6.54 Å². The number of carbonyl (C=O) groups excluding carboxylic acids is 1. The third-order valence-electron chi connectivity index (χ3n) is 3.08. The molecule has 0 spiro atoms. The maximum atomic E-state index is 12.0. The van der Waals surface area contributed by atoms with Crippen LogP contribution in [0.2, 0.25) is 0 Å². The Hall–Kier alpha value is -1.63. The highest BCUT2D eigenvalue weighted by molar-refractivity contribution is 5.87. The lowest BCUT2D eigenvalue weighted by molar-refractivity contribution is -0.149. The van der Waals surface area contributed by atoms with Crippen LogP contribution in [0.25, 0.3) is 0 Å². The van der Waals surface area contributed by atoms with Gasteiger partial charge in [-0.15, -0.1) is 0 Å². The summed E-state index contributed by atoms with van der Waals surface area (Å²) in [6, 6.07) is -1.31. The van der Waals surface area contributed by atoms with E-state index in [1.54, 1.807) is 0 Å². The average Bonchev–Trinajstić information content (AvgIpc) is 2.82. The zero-order valence-corrected chi connectivity index (χ0v) is 13.4. The third-order valence-corrected chi connectivity index (χ3v) is 3.08. The molecule has 1 saturated heterocycles. The van der Waals surface area contributed by atoms with Crippen LogP contribution in [0.4, 0.5) is 0 Å². The lowest BCUT2D eigenvalue weighted by atomic mass is 10.0. The predicted molar refractivity (Wildman–Crippen MR) is 79.8 cm³/mol. The van der Waals surface area contributed by atoms with Gasteiger partial charge in [-0.3, -0.25) is 9.59 Å². The van der Waals surface area contributed by atoms with Crippen molar-refractivity contribution in [1.29, 1.82) is 0 Å². The SMILES string of the molecule is CC.CC1CC(C(=O)O)N(C(=O)C(N)C(C)C)C1.O=CO. The molecule has 0 aromatic rings. The normalized spacial score (nSPS) is 21.6. The standard InChI is InChI=1S/C11H20N2O3.C2H6.CH2O2/c1-6(2)9(12)10(14)13-5-7(3)4-8(13)11(15)16;1-2;2-1-3/h6-9H,4-5,12H2,1-3H3,(H,15,16);1-2H3;1H,(H,2,3). The summed E-state index contributed by atoms with van der Waals surface area (Å²) >= 11 is 0. The first kappa shape index (κ1) is 21.7. The summed E-state index contributed by atoms with van der Waals surface area (Å²) in [5.41, 5.74) is 5.76. The van der Waals surface area contributed by atoms with E-state index in [0.717, 1.165) is 0 Å². The summed E-state index contributed by atoms with van der Waals surface area (Å²) in [6.45, 7) is 9.91. The molecular formula is C14H28N2O5. The van der Waals surface area contributed by atoms with Gasteiger partial charge in [-0.25, -0.2) is 4.79 Å². The molecule has 1 rings (SSSR count). The van der Waals surface area contributed by atoms with E-state index < -0.39 is 18.1 Å². The molecule has 0 radical (unpaired) electrons. The number of hydrogen-bond acceptors (Lipinski definition) is 4. The van der Waals surface area contributed by atoms with E-state index in [-0.39, 0.29) is 24.2 Å². The topological polar surface area (TPSA) is 121 Å². The van der Waals surface area contributed by atoms with Gasteiger partial charge in [0.25, 0.3) is 6.47 Å². The van der Waals surface area contributed by atoms with Gasteiger partial charge < -0.3 is 20.8 Å². The van der Waals surface area contributed by atoms with Gasteiger partial charge in [0.2, 0.25) is 5.91 Å². The number of amides is 1. The predicted octanol–water partition coefficient (Wildman–Crippen LogP) is 1.02. The smallest absolute Gasteiger partial charge is 0.326 e. The van der Waals surface area contributed by atoms with Crippen molar-refractivity contribution in [3.8, 4) is 0 Å². The van der Waals surface area contributed by atoms with Crippen LogP contribution in [-0.4, -0.2) is 52.1 Å². The molecule has 0 saturated carbocycles. The van der Waals surface area contributed by atoms with Crippen molar-refractivity contribution in [2.24, 2.45) is 17.6 Å². The molecule has 1 heterocycles. The molecule has 0 aliphatic carbocycles. The number of nitrogens with zero attached hydrogens (tertiary/aromatic N) is 1. The minimum absolute atomic E-state index is 0.0258. The molecular weight excluding hydrogens is 276 g/mol. The maximum absolute atomic E-state index is 12.0. The monoisotopic (exact) mass is 304 g/mol. The van der Waals surface area contributed by atoms with Crippen molar-refractivity contribution >= 4 is 18.3 Å². The maximum Gasteiger partial charge on any atom is 0.326 e. The summed E-state index contributed by atoms with van der Waals surface area (Å²) in [6.07, 6.45) is 0.520. The highest BCUT2D eigenvalue weighted by Gasteiger charge is 2.39. The van der Waals surface area contributed by atoms with Crippen LogP contribution in [0.5, 0.6) is 0 Å². The molecule has 124 valence electrons. The van der Waals surface area contributed by atoms with Crippen LogP contribution in [0.1, 0.15) is 41.0 Å². The molecule has 1 amide bonds. The average molecular weight is 304 g/mol. The van der Waals surface area contributed by atoms with Crippen molar-refractivity contribution in [3.05, 3.63) is 0 Å². The molecule has 7 nitrogen and oxygen atoms in total. The van der Waals surface area contributed by atoms with Crippen molar-refractivity contribution in [3.63, 3.8) is 0 Å². The zero-order valence-electron chi connectivity index (χ0n) is 13.4. The Morgan fingerprint density at radius 1 is 1.33 bits per heavy atom. The molecule has 0 aromatic carbocycles. The van der Waals surface area contributed by atoms with E-state index in [4.69, 9.17) is 20.7 Å². The lowest BCUT2D eigenvalue weighted by Gasteiger charge is -2.26. The number of hydrogen-bond donors (Lipinski definition) is 3. The Labute approximate surface area is 126 Å². The minimum Gasteiger partial charge on any atom is -0.483 e. The third kappa shape index (κ3) is 7.08. The Bertz CT molecular complexity index is 333. The van der Waals surface area contributed by atoms with E-state index in [1.165, 1.54) is 4.90 Å². The first-order chi connectivity index (χ1) is 9.76. The van der Waals surface area contributed by atoms with Crippen LogP contribution in [0.15, 0.2) is 0 Å². The van der Waals surface area contributed by atoms with Gasteiger partial charge in [-0.05, 0) is 18.3 Å². The summed E-state index contributed by atoms with van der Waals surface area (Å²) < 4.78 is 0. The first-order valence-electron chi connectivity index (χ1n) is 7.12. The van der Waals surface area contributed by atoms with E-state index in [2.05, 4.69) is 0 Å². The van der Waals surface area contributed by atoms with E-state index >= 15 is 0 Å². The van der Waals surface area contributed by atoms with Gasteiger partial charge >= 0.3 is 5.97 Å². The Kier molecular flexibility index (Phi) is 11.4. The molecule has 1 fully saturated rings.